The Hall–Kier alpha value is -0.930. The molecule has 1 saturated heterocycles. The maximum absolute atomic E-state index is 13.0. The van der Waals surface area contributed by atoms with Crippen molar-refractivity contribution < 1.29 is 4.39 Å². The summed E-state index contributed by atoms with van der Waals surface area (Å²) < 4.78 is 13.0. The zero-order chi connectivity index (χ0) is 13.8. The second-order valence-electron chi connectivity index (χ2n) is 6.46. The molecule has 1 heterocycles. The summed E-state index contributed by atoms with van der Waals surface area (Å²) in [5.74, 6) is -0.143. The van der Waals surface area contributed by atoms with Crippen LogP contribution in [-0.4, -0.2) is 30.1 Å². The Morgan fingerprint density at radius 2 is 1.80 bits per heavy atom. The van der Waals surface area contributed by atoms with Gasteiger partial charge in [-0.05, 0) is 50.0 Å². The molecule has 2 aliphatic rings. The molecule has 110 valence electrons. The van der Waals surface area contributed by atoms with Gasteiger partial charge in [-0.3, -0.25) is 4.90 Å². The van der Waals surface area contributed by atoms with Crippen LogP contribution in [0.25, 0.3) is 0 Å². The average molecular weight is 276 g/mol. The zero-order valence-electron chi connectivity index (χ0n) is 12.2. The van der Waals surface area contributed by atoms with Gasteiger partial charge < -0.3 is 5.32 Å². The molecule has 2 nitrogen and oxygen atoms in total. The summed E-state index contributed by atoms with van der Waals surface area (Å²) in [6, 6.07) is 6.98. The quantitative estimate of drug-likeness (QED) is 0.891. The molecule has 1 spiro atoms. The van der Waals surface area contributed by atoms with Crippen LogP contribution < -0.4 is 5.32 Å². The van der Waals surface area contributed by atoms with Crippen molar-refractivity contribution in [2.45, 2.75) is 50.6 Å². The fourth-order valence-electron chi connectivity index (χ4n) is 3.77. The van der Waals surface area contributed by atoms with Crippen LogP contribution in [-0.2, 0) is 6.54 Å². The standard InChI is InChI=1S/C17H25FN2/c18-16-7-5-15(6-8-16)13-20-12-4-11-19-17(14-20)9-2-1-3-10-17/h5-8,19H,1-4,9-14H2. The maximum atomic E-state index is 13.0. The summed E-state index contributed by atoms with van der Waals surface area (Å²) in [6.45, 7) is 4.38. The maximum Gasteiger partial charge on any atom is 0.123 e. The largest absolute Gasteiger partial charge is 0.310 e. The van der Waals surface area contributed by atoms with Crippen molar-refractivity contribution >= 4 is 0 Å². The van der Waals surface area contributed by atoms with E-state index in [2.05, 4.69) is 10.2 Å². The molecule has 1 saturated carbocycles. The van der Waals surface area contributed by atoms with E-state index >= 15 is 0 Å². The van der Waals surface area contributed by atoms with Crippen molar-refractivity contribution in [1.82, 2.24) is 10.2 Å². The minimum absolute atomic E-state index is 0.143. The van der Waals surface area contributed by atoms with E-state index in [0.29, 0.717) is 5.54 Å². The van der Waals surface area contributed by atoms with Crippen molar-refractivity contribution in [2.75, 3.05) is 19.6 Å². The Morgan fingerprint density at radius 1 is 1.05 bits per heavy atom. The van der Waals surface area contributed by atoms with Gasteiger partial charge in [0, 0.05) is 18.6 Å². The van der Waals surface area contributed by atoms with E-state index in [9.17, 15) is 4.39 Å². The van der Waals surface area contributed by atoms with Gasteiger partial charge in [0.2, 0.25) is 0 Å². The second kappa shape index (κ2) is 6.23. The number of nitrogens with one attached hydrogen (secondary N) is 1. The Morgan fingerprint density at radius 3 is 2.55 bits per heavy atom. The van der Waals surface area contributed by atoms with Crippen LogP contribution in [0.4, 0.5) is 4.39 Å². The molecule has 3 heteroatoms. The van der Waals surface area contributed by atoms with Gasteiger partial charge >= 0.3 is 0 Å². The highest BCUT2D eigenvalue weighted by molar-refractivity contribution is 5.16. The van der Waals surface area contributed by atoms with E-state index in [1.54, 1.807) is 12.1 Å². The predicted molar refractivity (Wildman–Crippen MR) is 80.1 cm³/mol. The van der Waals surface area contributed by atoms with Gasteiger partial charge in [-0.1, -0.05) is 31.4 Å². The fourth-order valence-corrected chi connectivity index (χ4v) is 3.77. The highest BCUT2D eigenvalue weighted by Crippen LogP contribution is 2.30. The lowest BCUT2D eigenvalue weighted by atomic mass is 9.81. The Kier molecular flexibility index (Phi) is 4.37. The molecule has 0 amide bonds. The summed E-state index contributed by atoms with van der Waals surface area (Å²) in [7, 11) is 0. The number of benzene rings is 1. The first-order valence-corrected chi connectivity index (χ1v) is 7.98. The molecule has 1 N–H and O–H groups in total. The third kappa shape index (κ3) is 3.39. The molecule has 2 fully saturated rings. The molecule has 20 heavy (non-hydrogen) atoms. The van der Waals surface area contributed by atoms with Crippen LogP contribution in [0.15, 0.2) is 24.3 Å². The van der Waals surface area contributed by atoms with Crippen molar-refractivity contribution in [3.05, 3.63) is 35.6 Å². The first-order chi connectivity index (χ1) is 9.76. The molecule has 0 radical (unpaired) electrons. The van der Waals surface area contributed by atoms with Crippen LogP contribution >= 0.6 is 0 Å². The first-order valence-electron chi connectivity index (χ1n) is 7.98. The van der Waals surface area contributed by atoms with Crippen LogP contribution in [0.2, 0.25) is 0 Å². The van der Waals surface area contributed by atoms with Crippen LogP contribution in [0, 0.1) is 5.82 Å². The highest BCUT2D eigenvalue weighted by atomic mass is 19.1. The third-order valence-corrected chi connectivity index (χ3v) is 4.81. The average Bonchev–Trinajstić information content (AvgIpc) is 2.65. The van der Waals surface area contributed by atoms with E-state index in [0.717, 1.165) is 26.2 Å². The molecular formula is C17H25FN2. The normalized spacial score (nSPS) is 23.6. The van der Waals surface area contributed by atoms with Crippen LogP contribution in [0.5, 0.6) is 0 Å². The van der Waals surface area contributed by atoms with E-state index in [4.69, 9.17) is 0 Å². The van der Waals surface area contributed by atoms with Gasteiger partial charge in [-0.15, -0.1) is 0 Å². The third-order valence-electron chi connectivity index (χ3n) is 4.81. The van der Waals surface area contributed by atoms with E-state index in [1.807, 2.05) is 12.1 Å². The lowest BCUT2D eigenvalue weighted by Crippen LogP contribution is -2.52. The molecule has 0 aromatic heterocycles. The molecule has 0 unspecified atom stereocenters. The Bertz CT molecular complexity index is 423. The minimum atomic E-state index is -0.143. The topological polar surface area (TPSA) is 15.3 Å². The number of nitrogens with zero attached hydrogens (tertiary/aromatic N) is 1. The number of rotatable bonds is 2. The summed E-state index contributed by atoms with van der Waals surface area (Å²) in [6.07, 6.45) is 7.94. The Balaban J connectivity index is 1.67. The van der Waals surface area contributed by atoms with Gasteiger partial charge in [-0.25, -0.2) is 4.39 Å². The summed E-state index contributed by atoms with van der Waals surface area (Å²) in [4.78, 5) is 2.55. The van der Waals surface area contributed by atoms with Crippen LogP contribution in [0.3, 0.4) is 0 Å². The summed E-state index contributed by atoms with van der Waals surface area (Å²) in [5.41, 5.74) is 1.56. The zero-order valence-corrected chi connectivity index (χ0v) is 12.2. The molecule has 1 aromatic carbocycles. The van der Waals surface area contributed by atoms with Crippen molar-refractivity contribution in [2.24, 2.45) is 0 Å². The van der Waals surface area contributed by atoms with Gasteiger partial charge in [0.1, 0.15) is 5.82 Å². The monoisotopic (exact) mass is 276 g/mol. The lowest BCUT2D eigenvalue weighted by molar-refractivity contribution is 0.159. The summed E-state index contributed by atoms with van der Waals surface area (Å²) >= 11 is 0. The molecule has 0 atom stereocenters. The lowest BCUT2D eigenvalue weighted by Gasteiger charge is -2.40. The number of hydrogen-bond donors (Lipinski definition) is 1. The smallest absolute Gasteiger partial charge is 0.123 e. The van der Waals surface area contributed by atoms with Crippen LogP contribution in [0.1, 0.15) is 44.1 Å². The molecule has 1 aromatic rings. The number of halogens is 1. The molecule has 0 bridgehead atoms. The number of hydrogen-bond acceptors (Lipinski definition) is 2. The fraction of sp³-hybridized carbons (Fsp3) is 0.647. The SMILES string of the molecule is Fc1ccc(CN2CCCNC3(CCCCC3)C2)cc1. The molecule has 3 rings (SSSR count). The van der Waals surface area contributed by atoms with Gasteiger partial charge in [0.25, 0.3) is 0 Å². The van der Waals surface area contributed by atoms with Crippen molar-refractivity contribution in [1.29, 1.82) is 0 Å². The van der Waals surface area contributed by atoms with Crippen molar-refractivity contribution in [3.8, 4) is 0 Å². The van der Waals surface area contributed by atoms with E-state index in [1.165, 1.54) is 44.1 Å². The minimum Gasteiger partial charge on any atom is -0.310 e. The second-order valence-corrected chi connectivity index (χ2v) is 6.46. The predicted octanol–water partition coefficient (Wildman–Crippen LogP) is 3.32. The van der Waals surface area contributed by atoms with Crippen molar-refractivity contribution in [3.63, 3.8) is 0 Å². The summed E-state index contributed by atoms with van der Waals surface area (Å²) in [5, 5.41) is 3.82. The van der Waals surface area contributed by atoms with Gasteiger partial charge in [-0.2, -0.15) is 0 Å². The highest BCUT2D eigenvalue weighted by Gasteiger charge is 2.34. The molecule has 1 aliphatic carbocycles. The van der Waals surface area contributed by atoms with E-state index < -0.39 is 0 Å². The first kappa shape index (κ1) is 14.0. The van der Waals surface area contributed by atoms with Gasteiger partial charge in [0.05, 0.1) is 0 Å². The van der Waals surface area contributed by atoms with E-state index in [-0.39, 0.29) is 5.82 Å². The van der Waals surface area contributed by atoms with Gasteiger partial charge in [0.15, 0.2) is 0 Å². The molecule has 1 aliphatic heterocycles. The molecular weight excluding hydrogens is 251 g/mol. The Labute approximate surface area is 121 Å².